The van der Waals surface area contributed by atoms with Gasteiger partial charge in [-0.2, -0.15) is 0 Å². The van der Waals surface area contributed by atoms with E-state index >= 15 is 0 Å². The van der Waals surface area contributed by atoms with Crippen LogP contribution in [0.25, 0.3) is 0 Å². The number of benzene rings is 1. The molecule has 2 rings (SSSR count). The van der Waals surface area contributed by atoms with E-state index in [4.69, 9.17) is 4.74 Å². The molecule has 1 N–H and O–H groups in total. The second-order valence-electron chi connectivity index (χ2n) is 5.60. The lowest BCUT2D eigenvalue weighted by molar-refractivity contribution is 0.183. The molecule has 20 heavy (non-hydrogen) atoms. The summed E-state index contributed by atoms with van der Waals surface area (Å²) < 4.78 is 5.91. The Morgan fingerprint density at radius 1 is 1.25 bits per heavy atom. The van der Waals surface area contributed by atoms with E-state index in [-0.39, 0.29) is 0 Å². The largest absolute Gasteiger partial charge is 0.492 e. The molecule has 3 nitrogen and oxygen atoms in total. The number of hydrogen-bond acceptors (Lipinski definition) is 3. The van der Waals surface area contributed by atoms with Crippen molar-refractivity contribution in [3.05, 3.63) is 29.8 Å². The molecule has 1 unspecified atom stereocenters. The van der Waals surface area contributed by atoms with Gasteiger partial charge in [-0.15, -0.1) is 0 Å². The van der Waals surface area contributed by atoms with E-state index in [1.54, 1.807) is 0 Å². The molecule has 112 valence electrons. The summed E-state index contributed by atoms with van der Waals surface area (Å²) in [7, 11) is 0. The number of rotatable bonds is 7. The van der Waals surface area contributed by atoms with Gasteiger partial charge in [-0.25, -0.2) is 0 Å². The fourth-order valence-corrected chi connectivity index (χ4v) is 2.77. The van der Waals surface area contributed by atoms with Crippen molar-refractivity contribution in [2.45, 2.75) is 39.2 Å². The SMILES string of the molecule is CCNC(C)c1cccc(OCCN2CCCCC2)c1. The number of nitrogens with one attached hydrogen (secondary N) is 1. The molecular formula is C17H28N2O. The van der Waals surface area contributed by atoms with Crippen molar-refractivity contribution >= 4 is 0 Å². The molecular weight excluding hydrogens is 248 g/mol. The highest BCUT2D eigenvalue weighted by atomic mass is 16.5. The first kappa shape index (κ1) is 15.3. The molecule has 0 spiro atoms. The Hall–Kier alpha value is -1.06. The summed E-state index contributed by atoms with van der Waals surface area (Å²) in [6.45, 7) is 9.63. The molecule has 1 aromatic rings. The highest BCUT2D eigenvalue weighted by molar-refractivity contribution is 5.30. The molecule has 0 aliphatic carbocycles. The van der Waals surface area contributed by atoms with Gasteiger partial charge < -0.3 is 10.1 Å². The van der Waals surface area contributed by atoms with Crippen LogP contribution in [-0.2, 0) is 0 Å². The number of hydrogen-bond donors (Lipinski definition) is 1. The third-order valence-corrected chi connectivity index (χ3v) is 3.99. The first-order chi connectivity index (χ1) is 9.79. The van der Waals surface area contributed by atoms with E-state index < -0.39 is 0 Å². The molecule has 1 fully saturated rings. The minimum Gasteiger partial charge on any atom is -0.492 e. The molecule has 1 aromatic carbocycles. The van der Waals surface area contributed by atoms with Crippen molar-refractivity contribution < 1.29 is 4.74 Å². The lowest BCUT2D eigenvalue weighted by Gasteiger charge is -2.26. The summed E-state index contributed by atoms with van der Waals surface area (Å²) in [6.07, 6.45) is 4.08. The summed E-state index contributed by atoms with van der Waals surface area (Å²) >= 11 is 0. The molecule has 1 aliphatic heterocycles. The first-order valence-corrected chi connectivity index (χ1v) is 7.98. The van der Waals surface area contributed by atoms with Crippen molar-refractivity contribution in [2.75, 3.05) is 32.8 Å². The Balaban J connectivity index is 1.78. The smallest absolute Gasteiger partial charge is 0.119 e. The topological polar surface area (TPSA) is 24.5 Å². The highest BCUT2D eigenvalue weighted by Crippen LogP contribution is 2.19. The van der Waals surface area contributed by atoms with E-state index in [2.05, 4.69) is 48.3 Å². The van der Waals surface area contributed by atoms with Gasteiger partial charge in [0.1, 0.15) is 12.4 Å². The fraction of sp³-hybridized carbons (Fsp3) is 0.647. The zero-order valence-corrected chi connectivity index (χ0v) is 12.9. The van der Waals surface area contributed by atoms with E-state index in [9.17, 15) is 0 Å². The minimum absolute atomic E-state index is 0.380. The maximum Gasteiger partial charge on any atom is 0.119 e. The van der Waals surface area contributed by atoms with Crippen LogP contribution in [0.2, 0.25) is 0 Å². The molecule has 3 heteroatoms. The minimum atomic E-state index is 0.380. The van der Waals surface area contributed by atoms with E-state index in [0.29, 0.717) is 6.04 Å². The Kier molecular flexibility index (Phi) is 6.34. The predicted octanol–water partition coefficient (Wildman–Crippen LogP) is 3.22. The zero-order valence-electron chi connectivity index (χ0n) is 12.9. The molecule has 1 aliphatic rings. The monoisotopic (exact) mass is 276 g/mol. The van der Waals surface area contributed by atoms with Crippen LogP contribution >= 0.6 is 0 Å². The first-order valence-electron chi connectivity index (χ1n) is 7.98. The van der Waals surface area contributed by atoms with Crippen LogP contribution in [0.3, 0.4) is 0 Å². The summed E-state index contributed by atoms with van der Waals surface area (Å²) in [5.41, 5.74) is 1.29. The molecule has 0 saturated carbocycles. The molecule has 1 heterocycles. The molecule has 1 atom stereocenters. The van der Waals surface area contributed by atoms with Gasteiger partial charge in [0.25, 0.3) is 0 Å². The lowest BCUT2D eigenvalue weighted by Crippen LogP contribution is -2.33. The van der Waals surface area contributed by atoms with Crippen molar-refractivity contribution in [1.29, 1.82) is 0 Å². The van der Waals surface area contributed by atoms with Gasteiger partial charge in [-0.3, -0.25) is 4.90 Å². The van der Waals surface area contributed by atoms with Crippen molar-refractivity contribution in [3.8, 4) is 5.75 Å². The zero-order chi connectivity index (χ0) is 14.2. The number of likely N-dealkylation sites (tertiary alicyclic amines) is 1. The quantitative estimate of drug-likeness (QED) is 0.827. The van der Waals surface area contributed by atoms with Crippen LogP contribution in [0, 0.1) is 0 Å². The number of ether oxygens (including phenoxy) is 1. The Bertz CT molecular complexity index is 388. The van der Waals surface area contributed by atoms with Gasteiger partial charge in [0, 0.05) is 12.6 Å². The van der Waals surface area contributed by atoms with Crippen LogP contribution in [0.1, 0.15) is 44.7 Å². The van der Waals surface area contributed by atoms with E-state index in [0.717, 1.165) is 25.4 Å². The van der Waals surface area contributed by atoms with Crippen molar-refractivity contribution in [1.82, 2.24) is 10.2 Å². The lowest BCUT2D eigenvalue weighted by atomic mass is 10.1. The van der Waals surface area contributed by atoms with Crippen LogP contribution in [0.4, 0.5) is 0 Å². The van der Waals surface area contributed by atoms with Crippen LogP contribution < -0.4 is 10.1 Å². The van der Waals surface area contributed by atoms with Gasteiger partial charge in [0.2, 0.25) is 0 Å². The predicted molar refractivity (Wildman–Crippen MR) is 84.3 cm³/mol. The summed E-state index contributed by atoms with van der Waals surface area (Å²) in [4.78, 5) is 2.51. The molecule has 0 amide bonds. The summed E-state index contributed by atoms with van der Waals surface area (Å²) in [5.74, 6) is 0.990. The second kappa shape index (κ2) is 8.28. The van der Waals surface area contributed by atoms with Crippen molar-refractivity contribution in [3.63, 3.8) is 0 Å². The van der Waals surface area contributed by atoms with Gasteiger partial charge >= 0.3 is 0 Å². The van der Waals surface area contributed by atoms with Crippen LogP contribution in [-0.4, -0.2) is 37.7 Å². The van der Waals surface area contributed by atoms with Crippen molar-refractivity contribution in [2.24, 2.45) is 0 Å². The average molecular weight is 276 g/mol. The van der Waals surface area contributed by atoms with E-state index in [1.165, 1.54) is 37.9 Å². The molecule has 1 saturated heterocycles. The van der Waals surface area contributed by atoms with Gasteiger partial charge in [-0.1, -0.05) is 25.5 Å². The highest BCUT2D eigenvalue weighted by Gasteiger charge is 2.10. The van der Waals surface area contributed by atoms with Gasteiger partial charge in [-0.05, 0) is 57.1 Å². The third kappa shape index (κ3) is 4.80. The molecule has 0 aromatic heterocycles. The number of nitrogens with zero attached hydrogens (tertiary/aromatic N) is 1. The summed E-state index contributed by atoms with van der Waals surface area (Å²) in [6, 6.07) is 8.83. The standard InChI is InChI=1S/C17H28N2O/c1-3-18-15(2)16-8-7-9-17(14-16)20-13-12-19-10-5-4-6-11-19/h7-9,14-15,18H,3-6,10-13H2,1-2H3. The average Bonchev–Trinajstić information content (AvgIpc) is 2.49. The molecule has 0 radical (unpaired) electrons. The Labute approximate surface area is 123 Å². The van der Waals surface area contributed by atoms with Crippen LogP contribution in [0.5, 0.6) is 5.75 Å². The second-order valence-corrected chi connectivity index (χ2v) is 5.60. The Morgan fingerprint density at radius 3 is 2.80 bits per heavy atom. The fourth-order valence-electron chi connectivity index (χ4n) is 2.77. The maximum atomic E-state index is 5.91. The van der Waals surface area contributed by atoms with Crippen LogP contribution in [0.15, 0.2) is 24.3 Å². The van der Waals surface area contributed by atoms with Gasteiger partial charge in [0.15, 0.2) is 0 Å². The van der Waals surface area contributed by atoms with E-state index in [1.807, 2.05) is 0 Å². The normalized spacial score (nSPS) is 17.9. The Morgan fingerprint density at radius 2 is 2.05 bits per heavy atom. The van der Waals surface area contributed by atoms with Gasteiger partial charge in [0.05, 0.1) is 0 Å². The molecule has 0 bridgehead atoms. The maximum absolute atomic E-state index is 5.91. The third-order valence-electron chi connectivity index (χ3n) is 3.99. The number of piperidine rings is 1. The summed E-state index contributed by atoms with van der Waals surface area (Å²) in [5, 5.41) is 3.43.